The lowest BCUT2D eigenvalue weighted by Gasteiger charge is -2.45. The largest absolute Gasteiger partial charge is 0.404 e. The summed E-state index contributed by atoms with van der Waals surface area (Å²) in [6.45, 7) is 0. The summed E-state index contributed by atoms with van der Waals surface area (Å²) in [6, 6.07) is 5.37. The standard InChI is InChI=1S/C15H17ClN2O3S/c16-10-4-6-12(7-5-10)22(20,21)18-11-2-1-3-14(18)13(9-17)15(19)8-11/h4-7,9,11,14H,1-3,8,17H2/b13-9-. The number of piperidine rings is 2. The number of nitrogens with zero attached hydrogens (tertiary/aromatic N) is 1. The molecule has 1 aromatic rings. The predicted octanol–water partition coefficient (Wildman–Crippen LogP) is 2.07. The highest BCUT2D eigenvalue weighted by Gasteiger charge is 2.47. The minimum absolute atomic E-state index is 0.0419. The highest BCUT2D eigenvalue weighted by Crippen LogP contribution is 2.39. The number of halogens is 1. The van der Waals surface area contributed by atoms with Gasteiger partial charge in [0.1, 0.15) is 0 Å². The third-order valence-corrected chi connectivity index (χ3v) is 6.58. The van der Waals surface area contributed by atoms with E-state index in [0.29, 0.717) is 23.4 Å². The monoisotopic (exact) mass is 340 g/mol. The summed E-state index contributed by atoms with van der Waals surface area (Å²) < 4.78 is 27.4. The molecule has 0 spiro atoms. The third-order valence-electron chi connectivity index (χ3n) is 4.35. The zero-order chi connectivity index (χ0) is 15.9. The van der Waals surface area contributed by atoms with Crippen molar-refractivity contribution >= 4 is 27.4 Å². The van der Waals surface area contributed by atoms with E-state index in [0.717, 1.165) is 6.42 Å². The molecule has 1 aromatic carbocycles. The molecule has 0 saturated carbocycles. The van der Waals surface area contributed by atoms with Gasteiger partial charge in [0.15, 0.2) is 5.78 Å². The number of hydrogen-bond acceptors (Lipinski definition) is 4. The SMILES string of the molecule is N/C=C1\C(=O)CC2CCCC1N2S(=O)(=O)c1ccc(Cl)cc1. The molecule has 2 heterocycles. The molecule has 0 aromatic heterocycles. The molecule has 2 aliphatic rings. The van der Waals surface area contributed by atoms with E-state index in [4.69, 9.17) is 17.3 Å². The van der Waals surface area contributed by atoms with Gasteiger partial charge in [-0.1, -0.05) is 11.6 Å². The maximum absolute atomic E-state index is 13.0. The van der Waals surface area contributed by atoms with Crippen LogP contribution < -0.4 is 5.73 Å². The Hall–Kier alpha value is -1.37. The second-order valence-electron chi connectivity index (χ2n) is 5.64. The molecule has 2 fully saturated rings. The van der Waals surface area contributed by atoms with Crippen LogP contribution in [-0.4, -0.2) is 30.6 Å². The van der Waals surface area contributed by atoms with Crippen LogP contribution in [0.5, 0.6) is 0 Å². The van der Waals surface area contributed by atoms with E-state index in [1.165, 1.54) is 22.6 Å². The minimum atomic E-state index is -3.68. The fourth-order valence-electron chi connectivity index (χ4n) is 3.35. The van der Waals surface area contributed by atoms with Crippen LogP contribution in [0.25, 0.3) is 0 Å². The third kappa shape index (κ3) is 2.45. The molecule has 118 valence electrons. The molecule has 2 bridgehead atoms. The van der Waals surface area contributed by atoms with Gasteiger partial charge in [-0.25, -0.2) is 8.42 Å². The molecule has 2 atom stereocenters. The van der Waals surface area contributed by atoms with Crippen molar-refractivity contribution in [2.45, 2.75) is 42.7 Å². The summed E-state index contributed by atoms with van der Waals surface area (Å²) in [7, 11) is -3.68. The number of Topliss-reactive ketones (excluding diaryl/α,β-unsaturated/α-hetero) is 1. The summed E-state index contributed by atoms with van der Waals surface area (Å²) in [6.07, 6.45) is 3.68. The van der Waals surface area contributed by atoms with E-state index < -0.39 is 16.1 Å². The molecule has 7 heteroatoms. The van der Waals surface area contributed by atoms with Crippen LogP contribution in [0.3, 0.4) is 0 Å². The van der Waals surface area contributed by atoms with Crippen LogP contribution in [0.15, 0.2) is 40.9 Å². The summed E-state index contributed by atoms with van der Waals surface area (Å²) in [5, 5.41) is 0.482. The van der Waals surface area contributed by atoms with E-state index in [1.54, 1.807) is 12.1 Å². The molecule has 22 heavy (non-hydrogen) atoms. The Balaban J connectivity index is 2.05. The fourth-order valence-corrected chi connectivity index (χ4v) is 5.33. The topological polar surface area (TPSA) is 80.5 Å². The molecule has 2 unspecified atom stereocenters. The van der Waals surface area contributed by atoms with Crippen molar-refractivity contribution in [1.29, 1.82) is 0 Å². The first kappa shape index (κ1) is 15.5. The Morgan fingerprint density at radius 3 is 2.55 bits per heavy atom. The average molecular weight is 341 g/mol. The first-order chi connectivity index (χ1) is 10.4. The first-order valence-corrected chi connectivity index (χ1v) is 9.01. The number of sulfonamides is 1. The van der Waals surface area contributed by atoms with Crippen molar-refractivity contribution in [2.75, 3.05) is 0 Å². The summed E-state index contributed by atoms with van der Waals surface area (Å²) in [5.41, 5.74) is 5.98. The Labute approximate surface area is 134 Å². The molecule has 2 aliphatic heterocycles. The molecule has 0 amide bonds. The average Bonchev–Trinajstić information content (AvgIpc) is 2.47. The molecule has 3 rings (SSSR count). The lowest BCUT2D eigenvalue weighted by molar-refractivity contribution is -0.119. The molecular weight excluding hydrogens is 324 g/mol. The van der Waals surface area contributed by atoms with Gasteiger partial charge in [-0.15, -0.1) is 0 Å². The number of carbonyl (C=O) groups is 1. The number of hydrogen-bond donors (Lipinski definition) is 1. The molecule has 2 N–H and O–H groups in total. The number of benzene rings is 1. The van der Waals surface area contributed by atoms with Crippen molar-refractivity contribution in [3.05, 3.63) is 41.1 Å². The van der Waals surface area contributed by atoms with Crippen LogP contribution in [0, 0.1) is 0 Å². The van der Waals surface area contributed by atoms with Gasteiger partial charge >= 0.3 is 0 Å². The van der Waals surface area contributed by atoms with E-state index in [9.17, 15) is 13.2 Å². The number of carbonyl (C=O) groups excluding carboxylic acids is 1. The summed E-state index contributed by atoms with van der Waals surface area (Å²) >= 11 is 5.83. The van der Waals surface area contributed by atoms with E-state index >= 15 is 0 Å². The fraction of sp³-hybridized carbons (Fsp3) is 0.400. The van der Waals surface area contributed by atoms with Gasteiger partial charge < -0.3 is 5.73 Å². The molecule has 2 saturated heterocycles. The van der Waals surface area contributed by atoms with Crippen LogP contribution in [0.2, 0.25) is 5.02 Å². The Kier molecular flexibility index (Phi) is 4.01. The Morgan fingerprint density at radius 2 is 1.91 bits per heavy atom. The number of nitrogens with two attached hydrogens (primary N) is 1. The molecule has 0 aliphatic carbocycles. The second kappa shape index (κ2) is 5.68. The Bertz CT molecular complexity index is 728. The van der Waals surface area contributed by atoms with Gasteiger partial charge in [0.05, 0.1) is 10.9 Å². The normalized spacial score (nSPS) is 28.0. The highest BCUT2D eigenvalue weighted by atomic mass is 35.5. The zero-order valence-corrected chi connectivity index (χ0v) is 13.5. The van der Waals surface area contributed by atoms with E-state index in [2.05, 4.69) is 0 Å². The van der Waals surface area contributed by atoms with Crippen LogP contribution in [0.4, 0.5) is 0 Å². The quantitative estimate of drug-likeness (QED) is 0.836. The van der Waals surface area contributed by atoms with Crippen molar-refractivity contribution in [2.24, 2.45) is 5.73 Å². The van der Waals surface area contributed by atoms with Gasteiger partial charge in [-0.3, -0.25) is 4.79 Å². The van der Waals surface area contributed by atoms with Gasteiger partial charge in [0.25, 0.3) is 0 Å². The molecule has 5 nitrogen and oxygen atoms in total. The van der Waals surface area contributed by atoms with E-state index in [-0.39, 0.29) is 23.1 Å². The van der Waals surface area contributed by atoms with E-state index in [1.807, 2.05) is 0 Å². The van der Waals surface area contributed by atoms with Gasteiger partial charge in [0.2, 0.25) is 10.0 Å². The van der Waals surface area contributed by atoms with Crippen molar-refractivity contribution < 1.29 is 13.2 Å². The summed E-state index contributed by atoms with van der Waals surface area (Å²) in [4.78, 5) is 12.3. The number of rotatable bonds is 2. The maximum Gasteiger partial charge on any atom is 0.243 e. The smallest absolute Gasteiger partial charge is 0.243 e. The van der Waals surface area contributed by atoms with Crippen LogP contribution in [-0.2, 0) is 14.8 Å². The zero-order valence-electron chi connectivity index (χ0n) is 11.9. The van der Waals surface area contributed by atoms with Crippen LogP contribution in [0.1, 0.15) is 25.7 Å². The number of fused-ring (bicyclic) bond motifs is 2. The Morgan fingerprint density at radius 1 is 1.23 bits per heavy atom. The first-order valence-electron chi connectivity index (χ1n) is 7.19. The van der Waals surface area contributed by atoms with Crippen molar-refractivity contribution in [3.63, 3.8) is 0 Å². The number of ketones is 1. The minimum Gasteiger partial charge on any atom is -0.404 e. The lowest BCUT2D eigenvalue weighted by Crippen LogP contribution is -2.56. The van der Waals surface area contributed by atoms with Gasteiger partial charge in [0, 0.05) is 29.3 Å². The lowest BCUT2D eigenvalue weighted by atomic mass is 9.83. The second-order valence-corrected chi connectivity index (χ2v) is 7.92. The van der Waals surface area contributed by atoms with Crippen molar-refractivity contribution in [1.82, 2.24) is 4.31 Å². The van der Waals surface area contributed by atoms with Crippen molar-refractivity contribution in [3.8, 4) is 0 Å². The molecular formula is C15H17ClN2O3S. The predicted molar refractivity (Wildman–Crippen MR) is 83.8 cm³/mol. The maximum atomic E-state index is 13.0. The molecule has 0 radical (unpaired) electrons. The summed E-state index contributed by atoms with van der Waals surface area (Å²) in [5.74, 6) is -0.0419. The van der Waals surface area contributed by atoms with Crippen LogP contribution >= 0.6 is 11.6 Å². The van der Waals surface area contributed by atoms with Gasteiger partial charge in [-0.2, -0.15) is 4.31 Å². The van der Waals surface area contributed by atoms with Gasteiger partial charge in [-0.05, 0) is 43.5 Å². The highest BCUT2D eigenvalue weighted by molar-refractivity contribution is 7.89.